The number of carbonyl (C=O) groups excluding carboxylic acids is 3. The van der Waals surface area contributed by atoms with Gasteiger partial charge in [-0.3, -0.25) is 14.4 Å². The van der Waals surface area contributed by atoms with Crippen molar-refractivity contribution in [2.24, 2.45) is 5.41 Å². The van der Waals surface area contributed by atoms with E-state index in [-0.39, 0.29) is 17.3 Å². The van der Waals surface area contributed by atoms with Crippen molar-refractivity contribution in [3.63, 3.8) is 0 Å². The number of hydrogen-bond acceptors (Lipinski definition) is 4. The van der Waals surface area contributed by atoms with E-state index in [1.54, 1.807) is 48.5 Å². The summed E-state index contributed by atoms with van der Waals surface area (Å²) < 4.78 is 0. The van der Waals surface area contributed by atoms with Crippen LogP contribution in [-0.4, -0.2) is 29.4 Å². The monoisotopic (exact) mass is 515 g/mol. The SMILES string of the molecule is O=C(c1ccccc1Cl)[C@H]1[C@@H](c2ccccc2)C2(C(=O)c3ccccc3C2=O)[C@H]2C=Cc3ccccc3N12. The first-order chi connectivity index (χ1) is 18.5. The van der Waals surface area contributed by atoms with Gasteiger partial charge in [-0.1, -0.05) is 109 Å². The topological polar surface area (TPSA) is 54.5 Å². The van der Waals surface area contributed by atoms with E-state index in [0.717, 1.165) is 16.8 Å². The van der Waals surface area contributed by atoms with Gasteiger partial charge in [0.1, 0.15) is 11.5 Å². The number of anilines is 1. The molecule has 38 heavy (non-hydrogen) atoms. The van der Waals surface area contributed by atoms with Crippen molar-refractivity contribution in [1.82, 2.24) is 0 Å². The van der Waals surface area contributed by atoms with Crippen LogP contribution in [0.5, 0.6) is 0 Å². The summed E-state index contributed by atoms with van der Waals surface area (Å²) in [5, 5.41) is 0.343. The van der Waals surface area contributed by atoms with E-state index in [0.29, 0.717) is 21.7 Å². The van der Waals surface area contributed by atoms with Crippen molar-refractivity contribution in [1.29, 1.82) is 0 Å². The summed E-state index contributed by atoms with van der Waals surface area (Å²) in [5.41, 5.74) is 2.22. The minimum Gasteiger partial charge on any atom is -0.352 e. The molecule has 5 heteroatoms. The molecule has 2 aliphatic heterocycles. The lowest BCUT2D eigenvalue weighted by Crippen LogP contribution is -2.48. The van der Waals surface area contributed by atoms with Crippen LogP contribution in [0.3, 0.4) is 0 Å². The van der Waals surface area contributed by atoms with E-state index in [9.17, 15) is 14.4 Å². The molecule has 1 fully saturated rings. The zero-order valence-electron chi connectivity index (χ0n) is 20.3. The fourth-order valence-corrected chi connectivity index (χ4v) is 7.00. The number of ketones is 3. The standard InChI is InChI=1S/C33H22ClNO3/c34-25-16-8-7-15-24(25)30(36)29-28(21-11-2-1-3-12-21)33(31(37)22-13-5-6-14-23(22)32(33)38)27-19-18-20-10-4-9-17-26(20)35(27)29/h1-19,27-29H/t27-,28-,29-/m1/s1. The van der Waals surface area contributed by atoms with Crippen LogP contribution < -0.4 is 4.90 Å². The molecule has 4 aromatic carbocycles. The first-order valence-electron chi connectivity index (χ1n) is 12.6. The fraction of sp³-hybridized carbons (Fsp3) is 0.121. The molecule has 184 valence electrons. The van der Waals surface area contributed by atoms with E-state index in [4.69, 9.17) is 11.6 Å². The van der Waals surface area contributed by atoms with Gasteiger partial charge >= 0.3 is 0 Å². The lowest BCUT2D eigenvalue weighted by atomic mass is 9.64. The Morgan fingerprint density at radius 1 is 0.737 bits per heavy atom. The van der Waals surface area contributed by atoms with Gasteiger partial charge < -0.3 is 4.90 Å². The molecular weight excluding hydrogens is 494 g/mol. The average molecular weight is 516 g/mol. The van der Waals surface area contributed by atoms with Crippen molar-refractivity contribution in [2.45, 2.75) is 18.0 Å². The summed E-state index contributed by atoms with van der Waals surface area (Å²) in [5.74, 6) is -1.42. The van der Waals surface area contributed by atoms with Crippen LogP contribution in [0.1, 0.15) is 48.1 Å². The Morgan fingerprint density at radius 3 is 2.05 bits per heavy atom. The van der Waals surface area contributed by atoms with Crippen LogP contribution in [-0.2, 0) is 0 Å². The summed E-state index contributed by atoms with van der Waals surface area (Å²) in [6.07, 6.45) is 3.89. The second kappa shape index (κ2) is 8.37. The molecule has 4 nitrogen and oxygen atoms in total. The molecule has 3 atom stereocenters. The smallest absolute Gasteiger partial charge is 0.187 e. The first-order valence-corrected chi connectivity index (χ1v) is 13.0. The molecule has 0 unspecified atom stereocenters. The van der Waals surface area contributed by atoms with Gasteiger partial charge in [0.25, 0.3) is 0 Å². The maximum Gasteiger partial charge on any atom is 0.187 e. The zero-order valence-corrected chi connectivity index (χ0v) is 21.0. The Hall–Kier alpha value is -4.28. The van der Waals surface area contributed by atoms with Gasteiger partial charge in [-0.15, -0.1) is 0 Å². The molecular formula is C33H22ClNO3. The molecule has 1 spiro atoms. The van der Waals surface area contributed by atoms with E-state index >= 15 is 0 Å². The van der Waals surface area contributed by atoms with E-state index in [2.05, 4.69) is 0 Å². The van der Waals surface area contributed by atoms with Crippen LogP contribution in [0.4, 0.5) is 5.69 Å². The molecule has 3 aliphatic rings. The highest BCUT2D eigenvalue weighted by atomic mass is 35.5. The quantitative estimate of drug-likeness (QED) is 0.226. The number of Topliss-reactive ketones (excluding diaryl/α,β-unsaturated/α-hetero) is 3. The molecule has 0 saturated carbocycles. The third kappa shape index (κ3) is 2.89. The van der Waals surface area contributed by atoms with Crippen molar-refractivity contribution in [3.05, 3.63) is 142 Å². The van der Waals surface area contributed by atoms with Crippen LogP contribution >= 0.6 is 11.6 Å². The number of rotatable bonds is 3. The van der Waals surface area contributed by atoms with Crippen molar-refractivity contribution >= 4 is 40.7 Å². The van der Waals surface area contributed by atoms with Crippen LogP contribution in [0, 0.1) is 5.41 Å². The molecule has 0 bridgehead atoms. The van der Waals surface area contributed by atoms with E-state index < -0.39 is 23.4 Å². The van der Waals surface area contributed by atoms with Gasteiger partial charge in [0, 0.05) is 28.3 Å². The Morgan fingerprint density at radius 2 is 1.34 bits per heavy atom. The Bertz CT molecular complexity index is 1640. The molecule has 0 N–H and O–H groups in total. The predicted molar refractivity (Wildman–Crippen MR) is 148 cm³/mol. The van der Waals surface area contributed by atoms with Gasteiger partial charge in [-0.05, 0) is 29.3 Å². The van der Waals surface area contributed by atoms with Crippen LogP contribution in [0.15, 0.2) is 109 Å². The molecule has 1 saturated heterocycles. The second-order valence-corrected chi connectivity index (χ2v) is 10.4. The second-order valence-electron chi connectivity index (χ2n) is 10.0. The van der Waals surface area contributed by atoms with Gasteiger partial charge in [-0.25, -0.2) is 0 Å². The number of benzene rings is 4. The maximum atomic E-state index is 14.6. The minimum absolute atomic E-state index is 0.215. The number of fused-ring (bicyclic) bond motifs is 5. The molecule has 7 rings (SSSR count). The largest absolute Gasteiger partial charge is 0.352 e. The Labute approximate surface area is 225 Å². The molecule has 0 aromatic heterocycles. The molecule has 0 radical (unpaired) electrons. The Kier molecular flexibility index (Phi) is 5.04. The maximum absolute atomic E-state index is 14.6. The Balaban J connectivity index is 1.56. The molecule has 4 aromatic rings. The first kappa shape index (κ1) is 22.9. The summed E-state index contributed by atoms with van der Waals surface area (Å²) in [6, 6.07) is 29.8. The predicted octanol–water partition coefficient (Wildman–Crippen LogP) is 6.66. The van der Waals surface area contributed by atoms with Crippen molar-refractivity contribution in [2.75, 3.05) is 4.90 Å². The van der Waals surface area contributed by atoms with E-state index in [1.165, 1.54) is 0 Å². The van der Waals surface area contributed by atoms with Gasteiger partial charge in [-0.2, -0.15) is 0 Å². The number of carbonyl (C=O) groups is 3. The lowest BCUT2D eigenvalue weighted by molar-refractivity contribution is 0.0666. The highest BCUT2D eigenvalue weighted by Crippen LogP contribution is 2.61. The third-order valence-electron chi connectivity index (χ3n) is 8.28. The van der Waals surface area contributed by atoms with Gasteiger partial charge in [0.05, 0.1) is 11.1 Å². The van der Waals surface area contributed by atoms with Crippen molar-refractivity contribution in [3.8, 4) is 0 Å². The number of para-hydroxylation sites is 1. The molecule has 1 aliphatic carbocycles. The minimum atomic E-state index is -1.50. The lowest BCUT2D eigenvalue weighted by Gasteiger charge is -2.37. The van der Waals surface area contributed by atoms with Gasteiger partial charge in [0.2, 0.25) is 0 Å². The molecule has 0 amide bonds. The summed E-state index contributed by atoms with van der Waals surface area (Å²) in [6.45, 7) is 0. The zero-order chi connectivity index (χ0) is 26.0. The summed E-state index contributed by atoms with van der Waals surface area (Å²) in [4.78, 5) is 45.6. The van der Waals surface area contributed by atoms with Crippen LogP contribution in [0.25, 0.3) is 6.08 Å². The number of nitrogens with zero attached hydrogens (tertiary/aromatic N) is 1. The van der Waals surface area contributed by atoms with E-state index in [1.807, 2.05) is 71.6 Å². The summed E-state index contributed by atoms with van der Waals surface area (Å²) in [7, 11) is 0. The van der Waals surface area contributed by atoms with Gasteiger partial charge in [0.15, 0.2) is 17.3 Å². The summed E-state index contributed by atoms with van der Waals surface area (Å²) >= 11 is 6.56. The average Bonchev–Trinajstić information content (AvgIpc) is 3.40. The number of halogens is 1. The van der Waals surface area contributed by atoms with Crippen molar-refractivity contribution < 1.29 is 14.4 Å². The molecule has 2 heterocycles. The highest BCUT2D eigenvalue weighted by molar-refractivity contribution is 6.35. The number of hydrogen-bond donors (Lipinski definition) is 0. The normalized spacial score (nSPS) is 22.3. The third-order valence-corrected chi connectivity index (χ3v) is 8.61. The highest BCUT2D eigenvalue weighted by Gasteiger charge is 2.71. The fourth-order valence-electron chi connectivity index (χ4n) is 6.77. The van der Waals surface area contributed by atoms with Crippen LogP contribution in [0.2, 0.25) is 5.02 Å².